The van der Waals surface area contributed by atoms with Gasteiger partial charge in [0.05, 0.1) is 0 Å². The number of halogens is 1. The highest BCUT2D eigenvalue weighted by Crippen LogP contribution is 2.49. The van der Waals surface area contributed by atoms with Crippen molar-refractivity contribution in [2.24, 2.45) is 16.5 Å². The van der Waals surface area contributed by atoms with Crippen molar-refractivity contribution in [3.05, 3.63) is 76.7 Å². The zero-order valence-electron chi connectivity index (χ0n) is 24.3. The van der Waals surface area contributed by atoms with Gasteiger partial charge in [0.2, 0.25) is 10.0 Å². The Bertz CT molecular complexity index is 1850. The Morgan fingerprint density at radius 3 is 2.48 bits per heavy atom. The van der Waals surface area contributed by atoms with E-state index >= 15 is 0 Å². The van der Waals surface area contributed by atoms with Gasteiger partial charge < -0.3 is 14.6 Å². The number of piperidine rings is 1. The molecule has 3 aliphatic rings. The minimum Gasteiger partial charge on any atom is -0.476 e. The lowest BCUT2D eigenvalue weighted by molar-refractivity contribution is 0.0691. The lowest BCUT2D eigenvalue weighted by atomic mass is 9.63. The summed E-state index contributed by atoms with van der Waals surface area (Å²) in [5.41, 5.74) is 6.14. The molecule has 2 saturated carbocycles. The van der Waals surface area contributed by atoms with Crippen molar-refractivity contribution >= 4 is 33.0 Å². The van der Waals surface area contributed by atoms with Crippen LogP contribution < -0.4 is 10.0 Å². The number of primary sulfonamides is 1. The predicted molar refractivity (Wildman–Crippen MR) is 169 cm³/mol. The van der Waals surface area contributed by atoms with Gasteiger partial charge in [-0.2, -0.15) is 0 Å². The van der Waals surface area contributed by atoms with Crippen LogP contribution in [0.2, 0.25) is 0 Å². The smallest absolute Gasteiger partial charge is 0.355 e. The number of sulfonamides is 1. The molecule has 3 fully saturated rings. The summed E-state index contributed by atoms with van der Waals surface area (Å²) in [7, 11) is -4.19. The SMILES string of the molecule is NS(=O)(=O)c1ccc(Cn2c(-c3cccc(N4CCC5(CCC5)CC4)c3)cc(-c3nc(C(=O)O)cs3)c2CC2CC2)cc1F. The number of carboxylic acid groups (broad SMARTS) is 1. The molecule has 2 aromatic heterocycles. The Labute approximate surface area is 260 Å². The van der Waals surface area contributed by atoms with Crippen molar-refractivity contribution in [2.45, 2.75) is 62.8 Å². The molecule has 1 spiro atoms. The van der Waals surface area contributed by atoms with Gasteiger partial charge in [0.15, 0.2) is 5.69 Å². The molecule has 44 heavy (non-hydrogen) atoms. The molecule has 0 unspecified atom stereocenters. The van der Waals surface area contributed by atoms with Crippen LogP contribution >= 0.6 is 11.3 Å². The van der Waals surface area contributed by atoms with E-state index < -0.39 is 26.7 Å². The highest BCUT2D eigenvalue weighted by atomic mass is 32.2. The molecule has 8 nitrogen and oxygen atoms in total. The Balaban J connectivity index is 1.32. The first-order chi connectivity index (χ1) is 21.1. The monoisotopic (exact) mass is 634 g/mol. The zero-order valence-corrected chi connectivity index (χ0v) is 26.0. The van der Waals surface area contributed by atoms with Crippen molar-refractivity contribution in [3.8, 4) is 21.8 Å². The topological polar surface area (TPSA) is 119 Å². The largest absolute Gasteiger partial charge is 0.476 e. The van der Waals surface area contributed by atoms with Gasteiger partial charge in [-0.15, -0.1) is 11.3 Å². The van der Waals surface area contributed by atoms with E-state index in [0.717, 1.165) is 54.9 Å². The third-order valence-electron chi connectivity index (χ3n) is 9.73. The van der Waals surface area contributed by atoms with Crippen LogP contribution in [-0.4, -0.2) is 42.1 Å². The van der Waals surface area contributed by atoms with E-state index in [2.05, 4.69) is 44.8 Å². The summed E-state index contributed by atoms with van der Waals surface area (Å²) < 4.78 is 40.8. The molecule has 4 aromatic rings. The number of hydrogen-bond acceptors (Lipinski definition) is 6. The maximum atomic E-state index is 14.9. The second-order valence-electron chi connectivity index (χ2n) is 12.7. The summed E-state index contributed by atoms with van der Waals surface area (Å²) in [6, 6.07) is 14.6. The van der Waals surface area contributed by atoms with Gasteiger partial charge in [0.1, 0.15) is 15.7 Å². The van der Waals surface area contributed by atoms with Gasteiger partial charge in [-0.3, -0.25) is 0 Å². The Kier molecular flexibility index (Phi) is 7.37. The molecule has 230 valence electrons. The number of benzene rings is 2. The van der Waals surface area contributed by atoms with Crippen LogP contribution in [0.3, 0.4) is 0 Å². The number of aromatic nitrogens is 2. The minimum absolute atomic E-state index is 0.00801. The number of nitrogens with two attached hydrogens (primary N) is 1. The van der Waals surface area contributed by atoms with Crippen LogP contribution in [0.15, 0.2) is 58.8 Å². The van der Waals surface area contributed by atoms with Gasteiger partial charge >= 0.3 is 5.97 Å². The van der Waals surface area contributed by atoms with Crippen LogP contribution in [0.25, 0.3) is 21.8 Å². The fourth-order valence-corrected chi connectivity index (χ4v) is 8.26. The number of rotatable bonds is 9. The fraction of sp³-hybridized carbons (Fsp3) is 0.394. The number of nitrogens with zero attached hydrogens (tertiary/aromatic N) is 3. The molecule has 3 N–H and O–H groups in total. The normalized spacial score (nSPS) is 18.0. The van der Waals surface area contributed by atoms with E-state index in [-0.39, 0.29) is 5.69 Å². The van der Waals surface area contributed by atoms with Crippen LogP contribution in [0.4, 0.5) is 10.1 Å². The maximum Gasteiger partial charge on any atom is 0.355 e. The first-order valence-corrected chi connectivity index (χ1v) is 17.6. The molecule has 2 aromatic carbocycles. The molecular weight excluding hydrogens is 600 g/mol. The molecular formula is C33H35FN4O4S2. The third kappa shape index (κ3) is 5.68. The molecule has 0 bridgehead atoms. The Morgan fingerprint density at radius 1 is 1.09 bits per heavy atom. The zero-order chi connectivity index (χ0) is 30.6. The standard InChI is InChI=1S/C33H35FN4O4S2/c34-26-15-22(7-8-30(26)44(35,41)42)19-38-28(18-25(29(38)16-21-5-6-21)31-36-27(20-43-31)32(39)40)23-3-1-4-24(17-23)37-13-11-33(12-14-37)9-2-10-33/h1,3-4,7-8,15,17-18,20-21H,2,5-6,9-14,16,19H2,(H,39,40)(H2,35,41,42). The lowest BCUT2D eigenvalue weighted by Crippen LogP contribution is -2.43. The lowest BCUT2D eigenvalue weighted by Gasteiger charge is -2.48. The van der Waals surface area contributed by atoms with E-state index in [9.17, 15) is 22.7 Å². The van der Waals surface area contributed by atoms with Crippen molar-refractivity contribution in [1.29, 1.82) is 0 Å². The number of anilines is 1. The van der Waals surface area contributed by atoms with E-state index in [1.165, 1.54) is 61.3 Å². The molecule has 0 amide bonds. The molecule has 0 radical (unpaired) electrons. The van der Waals surface area contributed by atoms with Crippen LogP contribution in [0.5, 0.6) is 0 Å². The van der Waals surface area contributed by atoms with E-state index in [1.807, 2.05) is 0 Å². The van der Waals surface area contributed by atoms with E-state index in [0.29, 0.717) is 28.4 Å². The average molecular weight is 635 g/mol. The first-order valence-electron chi connectivity index (χ1n) is 15.2. The van der Waals surface area contributed by atoms with E-state index in [4.69, 9.17) is 5.14 Å². The molecule has 3 heterocycles. The van der Waals surface area contributed by atoms with Crippen LogP contribution in [0.1, 0.15) is 66.7 Å². The molecule has 0 atom stereocenters. The summed E-state index contributed by atoms with van der Waals surface area (Å²) in [6.45, 7) is 2.37. The quantitative estimate of drug-likeness (QED) is 0.216. The maximum absolute atomic E-state index is 14.9. The highest BCUT2D eigenvalue weighted by Gasteiger charge is 2.39. The van der Waals surface area contributed by atoms with Gasteiger partial charge in [-0.05, 0) is 92.2 Å². The first kappa shape index (κ1) is 29.2. The van der Waals surface area contributed by atoms with Crippen molar-refractivity contribution in [3.63, 3.8) is 0 Å². The van der Waals surface area contributed by atoms with Crippen molar-refractivity contribution in [1.82, 2.24) is 9.55 Å². The van der Waals surface area contributed by atoms with Gasteiger partial charge in [0.25, 0.3) is 0 Å². The van der Waals surface area contributed by atoms with Crippen molar-refractivity contribution < 1.29 is 22.7 Å². The number of thiazole rings is 1. The predicted octanol–water partition coefficient (Wildman–Crippen LogP) is 6.53. The fourth-order valence-electron chi connectivity index (χ4n) is 6.84. The molecule has 2 aliphatic carbocycles. The number of carboxylic acids is 1. The summed E-state index contributed by atoms with van der Waals surface area (Å²) >= 11 is 1.30. The Hall–Kier alpha value is -3.54. The van der Waals surface area contributed by atoms with Crippen LogP contribution in [0, 0.1) is 17.2 Å². The molecule has 11 heteroatoms. The number of aromatic carboxylic acids is 1. The molecule has 1 aliphatic heterocycles. The molecule has 1 saturated heterocycles. The summed E-state index contributed by atoms with van der Waals surface area (Å²) in [4.78, 5) is 18.1. The summed E-state index contributed by atoms with van der Waals surface area (Å²) in [5.74, 6) is -1.45. The average Bonchev–Trinajstić information content (AvgIpc) is 3.53. The minimum atomic E-state index is -4.19. The van der Waals surface area contributed by atoms with Gasteiger partial charge in [0, 0.05) is 53.2 Å². The second-order valence-corrected chi connectivity index (χ2v) is 15.1. The second kappa shape index (κ2) is 11.1. The number of carbonyl (C=O) groups is 1. The number of hydrogen-bond donors (Lipinski definition) is 2. The summed E-state index contributed by atoms with van der Waals surface area (Å²) in [6.07, 6.45) is 9.49. The highest BCUT2D eigenvalue weighted by molar-refractivity contribution is 7.89. The third-order valence-corrected chi connectivity index (χ3v) is 11.5. The van der Waals surface area contributed by atoms with Gasteiger partial charge in [-0.1, -0.05) is 24.6 Å². The van der Waals surface area contributed by atoms with Gasteiger partial charge in [-0.25, -0.2) is 27.7 Å². The summed E-state index contributed by atoms with van der Waals surface area (Å²) in [5, 5.41) is 17.0. The van der Waals surface area contributed by atoms with E-state index in [1.54, 1.807) is 11.4 Å². The van der Waals surface area contributed by atoms with Crippen LogP contribution in [-0.2, 0) is 23.0 Å². The molecule has 7 rings (SSSR count). The van der Waals surface area contributed by atoms with Crippen molar-refractivity contribution in [2.75, 3.05) is 18.0 Å². The Morgan fingerprint density at radius 2 is 1.86 bits per heavy atom.